The molecular formula is C18H30N2O2. The molecule has 1 aliphatic heterocycles. The smallest absolute Gasteiger partial charge is 0.124 e. The summed E-state index contributed by atoms with van der Waals surface area (Å²) in [5.74, 6) is 0.984. The molecule has 0 aromatic heterocycles. The quantitative estimate of drug-likeness (QED) is 0.724. The molecule has 0 bridgehead atoms. The summed E-state index contributed by atoms with van der Waals surface area (Å²) in [6.07, 6.45) is 2.32. The second-order valence-corrected chi connectivity index (χ2v) is 5.89. The molecule has 0 spiro atoms. The third-order valence-corrected chi connectivity index (χ3v) is 4.51. The molecule has 4 nitrogen and oxygen atoms in total. The highest BCUT2D eigenvalue weighted by molar-refractivity contribution is 5.44. The highest BCUT2D eigenvalue weighted by Crippen LogP contribution is 2.31. The number of fused-ring (bicyclic) bond motifs is 1. The van der Waals surface area contributed by atoms with Crippen molar-refractivity contribution >= 4 is 0 Å². The van der Waals surface area contributed by atoms with Gasteiger partial charge in [-0.2, -0.15) is 0 Å². The lowest BCUT2D eigenvalue weighted by molar-refractivity contribution is 0.175. The van der Waals surface area contributed by atoms with Gasteiger partial charge in [0, 0.05) is 31.2 Å². The van der Waals surface area contributed by atoms with E-state index in [9.17, 15) is 0 Å². The van der Waals surface area contributed by atoms with Crippen molar-refractivity contribution in [3.05, 3.63) is 28.8 Å². The molecule has 2 rings (SSSR count). The molecule has 0 radical (unpaired) electrons. The first kappa shape index (κ1) is 17.3. The van der Waals surface area contributed by atoms with E-state index in [0.29, 0.717) is 19.2 Å². The molecule has 0 aliphatic carbocycles. The first-order chi connectivity index (χ1) is 10.7. The molecule has 4 heteroatoms. The van der Waals surface area contributed by atoms with Crippen LogP contribution in [-0.2, 0) is 19.5 Å². The van der Waals surface area contributed by atoms with Crippen molar-refractivity contribution in [1.29, 1.82) is 0 Å². The standard InChI is InChI=1S/C18H30N2O2/c1-4-17-10-14-9-15(12-19-7-8-21)18(22-6-3)11-16(14)13-20(17)5-2/h9,11,17,19,21H,4-8,10,12-13H2,1-3H3. The first-order valence-electron chi connectivity index (χ1n) is 8.56. The molecule has 1 unspecified atom stereocenters. The molecule has 0 saturated heterocycles. The van der Waals surface area contributed by atoms with Gasteiger partial charge in [-0.25, -0.2) is 0 Å². The Balaban J connectivity index is 2.25. The van der Waals surface area contributed by atoms with Crippen LogP contribution in [0.15, 0.2) is 12.1 Å². The second-order valence-electron chi connectivity index (χ2n) is 5.89. The maximum Gasteiger partial charge on any atom is 0.124 e. The van der Waals surface area contributed by atoms with Crippen LogP contribution >= 0.6 is 0 Å². The van der Waals surface area contributed by atoms with E-state index in [2.05, 4.69) is 36.2 Å². The van der Waals surface area contributed by atoms with Crippen LogP contribution in [0, 0.1) is 0 Å². The molecule has 1 aromatic rings. The Morgan fingerprint density at radius 3 is 2.73 bits per heavy atom. The van der Waals surface area contributed by atoms with Gasteiger partial charge in [0.25, 0.3) is 0 Å². The van der Waals surface area contributed by atoms with E-state index in [-0.39, 0.29) is 6.61 Å². The van der Waals surface area contributed by atoms with Crippen LogP contribution in [0.1, 0.15) is 43.9 Å². The fraction of sp³-hybridized carbons (Fsp3) is 0.667. The highest BCUT2D eigenvalue weighted by atomic mass is 16.5. The van der Waals surface area contributed by atoms with Gasteiger partial charge >= 0.3 is 0 Å². The number of aliphatic hydroxyl groups excluding tert-OH is 1. The summed E-state index contributed by atoms with van der Waals surface area (Å²) >= 11 is 0. The van der Waals surface area contributed by atoms with Gasteiger partial charge in [0.15, 0.2) is 0 Å². The third kappa shape index (κ3) is 4.00. The van der Waals surface area contributed by atoms with E-state index < -0.39 is 0 Å². The van der Waals surface area contributed by atoms with Crippen molar-refractivity contribution in [1.82, 2.24) is 10.2 Å². The van der Waals surface area contributed by atoms with Crippen molar-refractivity contribution in [2.75, 3.05) is 26.3 Å². The van der Waals surface area contributed by atoms with Gasteiger partial charge in [-0.1, -0.05) is 19.9 Å². The SMILES string of the molecule is CCOc1cc2c(cc1CNCCO)CC(CC)N(CC)C2. The molecule has 1 aliphatic rings. The Morgan fingerprint density at radius 2 is 2.09 bits per heavy atom. The minimum Gasteiger partial charge on any atom is -0.494 e. The van der Waals surface area contributed by atoms with Gasteiger partial charge < -0.3 is 15.2 Å². The van der Waals surface area contributed by atoms with E-state index >= 15 is 0 Å². The summed E-state index contributed by atoms with van der Waals surface area (Å²) in [6, 6.07) is 5.18. The maximum absolute atomic E-state index is 8.93. The van der Waals surface area contributed by atoms with Gasteiger partial charge in [0.2, 0.25) is 0 Å². The monoisotopic (exact) mass is 306 g/mol. The van der Waals surface area contributed by atoms with Crippen LogP contribution in [0.2, 0.25) is 0 Å². The molecule has 1 atom stereocenters. The summed E-state index contributed by atoms with van der Waals surface area (Å²) in [5.41, 5.74) is 4.07. The van der Waals surface area contributed by atoms with E-state index in [4.69, 9.17) is 9.84 Å². The lowest BCUT2D eigenvalue weighted by atomic mass is 9.90. The Kier molecular flexibility index (Phi) is 6.68. The Morgan fingerprint density at radius 1 is 1.27 bits per heavy atom. The third-order valence-electron chi connectivity index (χ3n) is 4.51. The molecular weight excluding hydrogens is 276 g/mol. The van der Waals surface area contributed by atoms with Crippen LogP contribution in [-0.4, -0.2) is 42.4 Å². The summed E-state index contributed by atoms with van der Waals surface area (Å²) in [5, 5.41) is 12.2. The van der Waals surface area contributed by atoms with Crippen molar-refractivity contribution in [3.63, 3.8) is 0 Å². The predicted molar refractivity (Wildman–Crippen MR) is 90.3 cm³/mol. The minimum absolute atomic E-state index is 0.165. The number of nitrogens with one attached hydrogen (secondary N) is 1. The number of ether oxygens (including phenoxy) is 1. The number of benzene rings is 1. The van der Waals surface area contributed by atoms with E-state index in [1.165, 1.54) is 23.1 Å². The fourth-order valence-corrected chi connectivity index (χ4v) is 3.29. The summed E-state index contributed by atoms with van der Waals surface area (Å²) in [6.45, 7) is 10.9. The van der Waals surface area contributed by atoms with Gasteiger partial charge in [0.05, 0.1) is 13.2 Å². The lowest BCUT2D eigenvalue weighted by Crippen LogP contribution is -2.39. The van der Waals surface area contributed by atoms with Gasteiger partial charge in [-0.05, 0) is 43.5 Å². The molecule has 2 N–H and O–H groups in total. The maximum atomic E-state index is 8.93. The average molecular weight is 306 g/mol. The van der Waals surface area contributed by atoms with Crippen LogP contribution in [0.4, 0.5) is 0 Å². The van der Waals surface area contributed by atoms with E-state index in [1.54, 1.807) is 0 Å². The molecule has 1 heterocycles. The number of likely N-dealkylation sites (N-methyl/N-ethyl adjacent to an activating group) is 1. The summed E-state index contributed by atoms with van der Waals surface area (Å²) in [7, 11) is 0. The van der Waals surface area contributed by atoms with Crippen molar-refractivity contribution < 1.29 is 9.84 Å². The number of hydrogen-bond donors (Lipinski definition) is 2. The summed E-state index contributed by atoms with van der Waals surface area (Å²) < 4.78 is 5.83. The van der Waals surface area contributed by atoms with Gasteiger partial charge in [-0.3, -0.25) is 4.90 Å². The van der Waals surface area contributed by atoms with Crippen molar-refractivity contribution in [2.45, 2.75) is 52.7 Å². The van der Waals surface area contributed by atoms with Crippen LogP contribution in [0.3, 0.4) is 0 Å². The van der Waals surface area contributed by atoms with Crippen LogP contribution in [0.25, 0.3) is 0 Å². The fourth-order valence-electron chi connectivity index (χ4n) is 3.29. The molecule has 22 heavy (non-hydrogen) atoms. The van der Waals surface area contributed by atoms with E-state index in [1.807, 2.05) is 6.92 Å². The number of rotatable bonds is 8. The first-order valence-corrected chi connectivity index (χ1v) is 8.56. The molecule has 1 aromatic carbocycles. The zero-order valence-corrected chi connectivity index (χ0v) is 14.2. The Labute approximate surface area is 134 Å². The number of hydrogen-bond acceptors (Lipinski definition) is 4. The molecule has 124 valence electrons. The van der Waals surface area contributed by atoms with Gasteiger partial charge in [-0.15, -0.1) is 0 Å². The molecule has 0 amide bonds. The second kappa shape index (κ2) is 8.51. The minimum atomic E-state index is 0.165. The largest absolute Gasteiger partial charge is 0.494 e. The molecule has 0 fully saturated rings. The highest BCUT2D eigenvalue weighted by Gasteiger charge is 2.25. The van der Waals surface area contributed by atoms with Crippen molar-refractivity contribution in [2.24, 2.45) is 0 Å². The van der Waals surface area contributed by atoms with Crippen LogP contribution < -0.4 is 10.1 Å². The van der Waals surface area contributed by atoms with Gasteiger partial charge in [0.1, 0.15) is 5.75 Å². The number of aliphatic hydroxyl groups is 1. The Bertz CT molecular complexity index is 476. The van der Waals surface area contributed by atoms with E-state index in [0.717, 1.165) is 31.8 Å². The predicted octanol–water partition coefficient (Wildman–Crippen LogP) is 2.32. The zero-order chi connectivity index (χ0) is 15.9. The zero-order valence-electron chi connectivity index (χ0n) is 14.2. The normalized spacial score (nSPS) is 18.3. The molecule has 0 saturated carbocycles. The Hall–Kier alpha value is -1.10. The average Bonchev–Trinajstić information content (AvgIpc) is 2.54. The van der Waals surface area contributed by atoms with Crippen molar-refractivity contribution in [3.8, 4) is 5.75 Å². The summed E-state index contributed by atoms with van der Waals surface area (Å²) in [4.78, 5) is 2.56. The van der Waals surface area contributed by atoms with Crippen LogP contribution in [0.5, 0.6) is 5.75 Å². The lowest BCUT2D eigenvalue weighted by Gasteiger charge is -2.36. The number of nitrogens with zero attached hydrogens (tertiary/aromatic N) is 1. The topological polar surface area (TPSA) is 44.7 Å².